The van der Waals surface area contributed by atoms with Crippen molar-refractivity contribution in [1.29, 1.82) is 5.26 Å². The molecule has 10 nitrogen and oxygen atoms in total. The molecule has 0 radical (unpaired) electrons. The Morgan fingerprint density at radius 2 is 1.89 bits per heavy atom. The molecule has 0 unspecified atom stereocenters. The number of nitrogens with one attached hydrogen (secondary N) is 3. The van der Waals surface area contributed by atoms with Crippen LogP contribution in [0.2, 0.25) is 0 Å². The number of carbonyl (C=O) groups excluding carboxylic acids is 2. The van der Waals surface area contributed by atoms with Crippen molar-refractivity contribution in [3.05, 3.63) is 68.1 Å². The number of likely N-dealkylation sites (N-methyl/N-ethyl adjacent to an activating group) is 1. The summed E-state index contributed by atoms with van der Waals surface area (Å²) in [5.74, 6) is -0.00661. The van der Waals surface area contributed by atoms with Gasteiger partial charge in [-0.2, -0.15) is 5.26 Å². The van der Waals surface area contributed by atoms with Crippen LogP contribution in [0.15, 0.2) is 53.3 Å². The van der Waals surface area contributed by atoms with E-state index >= 15 is 0 Å². The molecule has 0 aliphatic rings. The zero-order valence-corrected chi connectivity index (χ0v) is 22.5. The molecule has 0 bridgehead atoms. The fourth-order valence-corrected chi connectivity index (χ4v) is 4.71. The fraction of sp³-hybridized carbons (Fsp3) is 0.259. The van der Waals surface area contributed by atoms with Crippen LogP contribution in [-0.2, 0) is 16.1 Å². The molecular weight excluding hydrogens is 504 g/mol. The van der Waals surface area contributed by atoms with Crippen molar-refractivity contribution in [3.63, 3.8) is 0 Å². The van der Waals surface area contributed by atoms with Crippen molar-refractivity contribution in [2.45, 2.75) is 20.4 Å². The Bertz CT molecular complexity index is 1540. The van der Waals surface area contributed by atoms with Gasteiger partial charge in [0.2, 0.25) is 5.91 Å². The van der Waals surface area contributed by atoms with E-state index in [0.29, 0.717) is 39.4 Å². The van der Waals surface area contributed by atoms with E-state index in [1.165, 1.54) is 10.8 Å². The van der Waals surface area contributed by atoms with Crippen LogP contribution in [0.1, 0.15) is 13.8 Å². The number of carbonyl (C=O) groups is 2. The first-order chi connectivity index (χ1) is 18.3. The average molecular weight is 535 g/mol. The summed E-state index contributed by atoms with van der Waals surface area (Å²) in [7, 11) is 3.41. The second kappa shape index (κ2) is 13.1. The smallest absolute Gasteiger partial charge is 0.270 e. The molecule has 0 spiro atoms. The summed E-state index contributed by atoms with van der Waals surface area (Å²) in [6.07, 6.45) is 1.53. The SMILES string of the molecule is CCNC(=O)/C(C#N)=c1\s/c(=C/Nc2cccc(NC(=O)CN(C)c3cccc(OC)c3)c2)c(=O)n1CC. The van der Waals surface area contributed by atoms with Gasteiger partial charge in [0.15, 0.2) is 5.57 Å². The van der Waals surface area contributed by atoms with Gasteiger partial charge in [0.05, 0.1) is 13.7 Å². The van der Waals surface area contributed by atoms with Gasteiger partial charge in [0, 0.05) is 49.5 Å². The monoisotopic (exact) mass is 534 g/mol. The Kier molecular flexibility index (Phi) is 9.67. The molecule has 11 heteroatoms. The number of thiazole rings is 1. The quantitative estimate of drug-likeness (QED) is 0.361. The zero-order chi connectivity index (χ0) is 27.7. The second-order valence-corrected chi connectivity index (χ2v) is 9.17. The van der Waals surface area contributed by atoms with Crippen LogP contribution in [0.3, 0.4) is 0 Å². The maximum Gasteiger partial charge on any atom is 0.270 e. The number of methoxy groups -OCH3 is 1. The van der Waals surface area contributed by atoms with Gasteiger partial charge in [0.25, 0.3) is 11.5 Å². The van der Waals surface area contributed by atoms with Crippen LogP contribution in [0.25, 0.3) is 11.8 Å². The molecule has 198 valence electrons. The van der Waals surface area contributed by atoms with E-state index in [0.717, 1.165) is 17.0 Å². The Morgan fingerprint density at radius 3 is 2.58 bits per heavy atom. The number of hydrogen-bond acceptors (Lipinski definition) is 8. The molecular formula is C27H30N6O4S. The largest absolute Gasteiger partial charge is 0.497 e. The summed E-state index contributed by atoms with van der Waals surface area (Å²) in [5, 5.41) is 18.1. The van der Waals surface area contributed by atoms with Crippen molar-refractivity contribution < 1.29 is 14.3 Å². The molecule has 0 saturated carbocycles. The van der Waals surface area contributed by atoms with E-state index in [1.54, 1.807) is 45.2 Å². The Morgan fingerprint density at radius 1 is 1.16 bits per heavy atom. The third-order valence-electron chi connectivity index (χ3n) is 5.51. The Hall–Kier alpha value is -4.56. The number of rotatable bonds is 10. The Labute approximate surface area is 224 Å². The lowest BCUT2D eigenvalue weighted by molar-refractivity contribution is -0.116. The van der Waals surface area contributed by atoms with Crippen LogP contribution < -0.4 is 40.3 Å². The van der Waals surface area contributed by atoms with Gasteiger partial charge in [-0.05, 0) is 44.2 Å². The molecule has 2 amide bonds. The average Bonchev–Trinajstić information content (AvgIpc) is 3.22. The predicted molar refractivity (Wildman–Crippen MR) is 151 cm³/mol. The standard InChI is InChI=1S/C27H30N6O4S/c1-5-29-25(35)22(15-28)27-33(6-2)26(36)23(38-27)16-30-18-9-7-10-19(13-18)31-24(34)17-32(3)20-11-8-12-21(14-20)37-4/h7-14,16,30H,5-6,17H2,1-4H3,(H,29,35)(H,31,34)/b23-16+,27-22-. The second-order valence-electron chi connectivity index (χ2n) is 8.14. The van der Waals surface area contributed by atoms with Gasteiger partial charge in [-0.25, -0.2) is 0 Å². The van der Waals surface area contributed by atoms with E-state index in [1.807, 2.05) is 42.3 Å². The molecule has 0 atom stereocenters. The van der Waals surface area contributed by atoms with Gasteiger partial charge in [-0.3, -0.25) is 19.0 Å². The van der Waals surface area contributed by atoms with E-state index in [-0.39, 0.29) is 23.6 Å². The van der Waals surface area contributed by atoms with Crippen molar-refractivity contribution in [2.75, 3.05) is 42.8 Å². The van der Waals surface area contributed by atoms with Crippen LogP contribution >= 0.6 is 11.3 Å². The van der Waals surface area contributed by atoms with Gasteiger partial charge < -0.3 is 25.6 Å². The summed E-state index contributed by atoms with van der Waals surface area (Å²) in [6, 6.07) is 16.4. The third-order valence-corrected chi connectivity index (χ3v) is 6.64. The summed E-state index contributed by atoms with van der Waals surface area (Å²) in [6.45, 7) is 4.35. The number of anilines is 3. The topological polar surface area (TPSA) is 128 Å². The number of nitriles is 1. The van der Waals surface area contributed by atoms with Gasteiger partial charge >= 0.3 is 0 Å². The number of benzene rings is 2. The number of nitrogens with zero attached hydrogens (tertiary/aromatic N) is 3. The molecule has 2 aromatic carbocycles. The molecule has 0 fully saturated rings. The Balaban J connectivity index is 1.78. The number of amides is 2. The lowest BCUT2D eigenvalue weighted by atomic mass is 10.2. The molecule has 3 aromatic rings. The summed E-state index contributed by atoms with van der Waals surface area (Å²) in [4.78, 5) is 39.6. The maximum atomic E-state index is 12.9. The summed E-state index contributed by atoms with van der Waals surface area (Å²) in [5.41, 5.74) is 1.68. The lowest BCUT2D eigenvalue weighted by Gasteiger charge is -2.19. The highest BCUT2D eigenvalue weighted by Gasteiger charge is 2.14. The highest BCUT2D eigenvalue weighted by Crippen LogP contribution is 2.20. The zero-order valence-electron chi connectivity index (χ0n) is 21.7. The highest BCUT2D eigenvalue weighted by molar-refractivity contribution is 7.07. The van der Waals surface area contributed by atoms with Crippen LogP contribution in [0.5, 0.6) is 5.75 Å². The van der Waals surface area contributed by atoms with E-state index in [9.17, 15) is 19.6 Å². The molecule has 3 N–H and O–H groups in total. The first-order valence-electron chi connectivity index (χ1n) is 11.9. The minimum absolute atomic E-state index is 0.0981. The first kappa shape index (κ1) is 28.0. The third kappa shape index (κ3) is 6.80. The highest BCUT2D eigenvalue weighted by atomic mass is 32.1. The first-order valence-corrected chi connectivity index (χ1v) is 12.8. The van der Waals surface area contributed by atoms with Gasteiger partial charge in [0.1, 0.15) is 21.0 Å². The van der Waals surface area contributed by atoms with E-state index in [4.69, 9.17) is 4.74 Å². The maximum absolute atomic E-state index is 12.9. The number of hydrogen-bond donors (Lipinski definition) is 3. The lowest BCUT2D eigenvalue weighted by Crippen LogP contribution is -2.34. The molecule has 0 saturated heterocycles. The molecule has 0 aliphatic heterocycles. The van der Waals surface area contributed by atoms with Crippen molar-refractivity contribution in [3.8, 4) is 11.8 Å². The van der Waals surface area contributed by atoms with Crippen molar-refractivity contribution in [2.24, 2.45) is 0 Å². The molecule has 3 rings (SSSR count). The van der Waals surface area contributed by atoms with E-state index in [2.05, 4.69) is 16.0 Å². The molecule has 38 heavy (non-hydrogen) atoms. The molecule has 1 aromatic heterocycles. The minimum Gasteiger partial charge on any atom is -0.497 e. The summed E-state index contributed by atoms with van der Waals surface area (Å²) >= 11 is 1.07. The fourth-order valence-electron chi connectivity index (χ4n) is 3.63. The van der Waals surface area contributed by atoms with Crippen LogP contribution in [0, 0.1) is 11.3 Å². The molecule has 1 heterocycles. The minimum atomic E-state index is -0.515. The van der Waals surface area contributed by atoms with E-state index < -0.39 is 5.91 Å². The van der Waals surface area contributed by atoms with Crippen LogP contribution in [0.4, 0.5) is 17.1 Å². The number of ether oxygens (including phenoxy) is 1. The normalized spacial score (nSPS) is 11.8. The van der Waals surface area contributed by atoms with Crippen LogP contribution in [-0.4, -0.2) is 43.6 Å². The summed E-state index contributed by atoms with van der Waals surface area (Å²) < 4.78 is 7.29. The molecule has 0 aliphatic carbocycles. The van der Waals surface area contributed by atoms with Gasteiger partial charge in [-0.1, -0.05) is 12.1 Å². The van der Waals surface area contributed by atoms with Crippen molar-refractivity contribution >= 4 is 52.0 Å². The van der Waals surface area contributed by atoms with Gasteiger partial charge in [-0.15, -0.1) is 11.3 Å². The van der Waals surface area contributed by atoms with Crippen molar-refractivity contribution in [1.82, 2.24) is 9.88 Å². The predicted octanol–water partition coefficient (Wildman–Crippen LogP) is 1.67. The number of aromatic nitrogens is 1.